The number of unbranched alkanes of at least 4 members (excludes halogenated alkanes) is 12. The predicted molar refractivity (Wildman–Crippen MR) is 144 cm³/mol. The molecule has 4 heteroatoms. The first kappa shape index (κ1) is 32.4. The number of allylic oxidation sites excluding steroid dienone is 4. The number of carboxylic acids is 1. The van der Waals surface area contributed by atoms with Gasteiger partial charge >= 0.3 is 11.9 Å². The Hall–Kier alpha value is -1.58. The molecule has 0 aliphatic heterocycles. The van der Waals surface area contributed by atoms with Gasteiger partial charge in [-0.15, -0.1) is 0 Å². The number of carbonyl (C=O) groups excluding carboxylic acids is 1. The van der Waals surface area contributed by atoms with Crippen LogP contribution in [0, 0.1) is 0 Å². The minimum atomic E-state index is -0.784. The average molecular weight is 479 g/mol. The van der Waals surface area contributed by atoms with E-state index in [-0.39, 0.29) is 18.5 Å². The molecule has 0 aromatic carbocycles. The van der Waals surface area contributed by atoms with E-state index in [1.54, 1.807) is 0 Å². The zero-order chi connectivity index (χ0) is 25.1. The van der Waals surface area contributed by atoms with Crippen LogP contribution in [0.3, 0.4) is 0 Å². The lowest BCUT2D eigenvalue weighted by Crippen LogP contribution is -2.18. The summed E-state index contributed by atoms with van der Waals surface area (Å²) >= 11 is 0. The lowest BCUT2D eigenvalue weighted by Gasteiger charge is -2.17. The molecule has 0 radical (unpaired) electrons. The summed E-state index contributed by atoms with van der Waals surface area (Å²) < 4.78 is 5.63. The van der Waals surface area contributed by atoms with Gasteiger partial charge in [-0.05, 0) is 57.8 Å². The standard InChI is InChI=1S/C30H54O4/c1-3-5-7-8-9-10-11-12-13-14-15-16-17-18-19-20-21-22-27-30(33)34-28(24-6-4-2)25-23-26-29(31)32/h10-11,13-14,28H,3-9,12,15-27H2,1-2H3,(H,31,32)/b11-10-,14-13-. The Bertz CT molecular complexity index is 524. The van der Waals surface area contributed by atoms with Gasteiger partial charge in [0.05, 0.1) is 0 Å². The molecule has 0 heterocycles. The third-order valence-electron chi connectivity index (χ3n) is 6.18. The topological polar surface area (TPSA) is 63.6 Å². The van der Waals surface area contributed by atoms with E-state index in [0.717, 1.165) is 38.5 Å². The summed E-state index contributed by atoms with van der Waals surface area (Å²) in [4.78, 5) is 22.8. The first-order valence-corrected chi connectivity index (χ1v) is 14.3. The Kier molecular flexibility index (Phi) is 24.8. The zero-order valence-electron chi connectivity index (χ0n) is 22.4. The number of aliphatic carboxylic acids is 1. The molecular weight excluding hydrogens is 424 g/mol. The second-order valence-electron chi connectivity index (χ2n) is 9.58. The van der Waals surface area contributed by atoms with E-state index in [1.165, 1.54) is 70.6 Å². The number of hydrogen-bond donors (Lipinski definition) is 1. The van der Waals surface area contributed by atoms with Gasteiger partial charge in [0.1, 0.15) is 6.10 Å². The number of ether oxygens (including phenoxy) is 1. The number of carbonyl (C=O) groups is 2. The van der Waals surface area contributed by atoms with Crippen molar-refractivity contribution in [3.63, 3.8) is 0 Å². The van der Waals surface area contributed by atoms with Crippen LogP contribution < -0.4 is 0 Å². The summed E-state index contributed by atoms with van der Waals surface area (Å²) in [6.45, 7) is 4.37. The average Bonchev–Trinajstić information content (AvgIpc) is 2.81. The Morgan fingerprint density at radius 3 is 1.76 bits per heavy atom. The lowest BCUT2D eigenvalue weighted by atomic mass is 10.1. The zero-order valence-corrected chi connectivity index (χ0v) is 22.4. The molecule has 0 saturated heterocycles. The van der Waals surface area contributed by atoms with E-state index in [2.05, 4.69) is 38.2 Å². The van der Waals surface area contributed by atoms with Crippen LogP contribution >= 0.6 is 0 Å². The minimum absolute atomic E-state index is 0.116. The van der Waals surface area contributed by atoms with Crippen molar-refractivity contribution in [2.75, 3.05) is 0 Å². The van der Waals surface area contributed by atoms with Crippen molar-refractivity contribution in [2.45, 2.75) is 155 Å². The molecule has 1 unspecified atom stereocenters. The molecule has 0 fully saturated rings. The Labute approximate surface area is 210 Å². The normalized spacial score (nSPS) is 12.5. The van der Waals surface area contributed by atoms with E-state index < -0.39 is 5.97 Å². The fourth-order valence-corrected chi connectivity index (χ4v) is 4.03. The van der Waals surface area contributed by atoms with Crippen molar-refractivity contribution >= 4 is 11.9 Å². The maximum absolute atomic E-state index is 12.1. The molecule has 0 aliphatic rings. The molecule has 0 aromatic heterocycles. The molecule has 0 spiro atoms. The molecule has 4 nitrogen and oxygen atoms in total. The fourth-order valence-electron chi connectivity index (χ4n) is 4.03. The van der Waals surface area contributed by atoms with Crippen molar-refractivity contribution in [3.05, 3.63) is 24.3 Å². The van der Waals surface area contributed by atoms with Gasteiger partial charge < -0.3 is 9.84 Å². The second kappa shape index (κ2) is 26.0. The monoisotopic (exact) mass is 478 g/mol. The van der Waals surface area contributed by atoms with Crippen LogP contribution in [0.2, 0.25) is 0 Å². The molecule has 0 rings (SSSR count). The summed E-state index contributed by atoms with van der Waals surface area (Å²) in [5.41, 5.74) is 0. The van der Waals surface area contributed by atoms with Crippen LogP contribution in [-0.4, -0.2) is 23.1 Å². The number of esters is 1. The SMILES string of the molecule is CCCCCC/C=C\C/C=C\CCCCCCCCCC(=O)OC(CCCC)CCCC(=O)O. The molecule has 1 N–H and O–H groups in total. The predicted octanol–water partition coefficient (Wildman–Crippen LogP) is 9.33. The molecule has 198 valence electrons. The minimum Gasteiger partial charge on any atom is -0.481 e. The van der Waals surface area contributed by atoms with Crippen LogP contribution in [0.5, 0.6) is 0 Å². The third-order valence-corrected chi connectivity index (χ3v) is 6.18. The summed E-state index contributed by atoms with van der Waals surface area (Å²) in [5.74, 6) is -0.900. The molecule has 0 bridgehead atoms. The largest absolute Gasteiger partial charge is 0.481 e. The van der Waals surface area contributed by atoms with Gasteiger partial charge in [-0.2, -0.15) is 0 Å². The van der Waals surface area contributed by atoms with E-state index in [1.807, 2.05) is 0 Å². The van der Waals surface area contributed by atoms with E-state index in [9.17, 15) is 9.59 Å². The van der Waals surface area contributed by atoms with Crippen molar-refractivity contribution in [1.29, 1.82) is 0 Å². The van der Waals surface area contributed by atoms with Crippen molar-refractivity contribution < 1.29 is 19.4 Å². The van der Waals surface area contributed by atoms with Gasteiger partial charge in [-0.3, -0.25) is 9.59 Å². The maximum atomic E-state index is 12.1. The Morgan fingerprint density at radius 2 is 1.18 bits per heavy atom. The molecule has 0 amide bonds. The highest BCUT2D eigenvalue weighted by Gasteiger charge is 2.14. The highest BCUT2D eigenvalue weighted by atomic mass is 16.5. The van der Waals surface area contributed by atoms with Crippen LogP contribution in [-0.2, 0) is 14.3 Å². The molecule has 0 aliphatic carbocycles. The summed E-state index contributed by atoms with van der Waals surface area (Å²) in [6, 6.07) is 0. The number of hydrogen-bond acceptors (Lipinski definition) is 3. The van der Waals surface area contributed by atoms with Crippen LogP contribution in [0.25, 0.3) is 0 Å². The first-order chi connectivity index (χ1) is 16.6. The van der Waals surface area contributed by atoms with E-state index in [4.69, 9.17) is 9.84 Å². The van der Waals surface area contributed by atoms with Gasteiger partial charge in [0.15, 0.2) is 0 Å². The molecule has 34 heavy (non-hydrogen) atoms. The van der Waals surface area contributed by atoms with Crippen molar-refractivity contribution in [2.24, 2.45) is 0 Å². The molecule has 1 atom stereocenters. The lowest BCUT2D eigenvalue weighted by molar-refractivity contribution is -0.150. The fraction of sp³-hybridized carbons (Fsp3) is 0.800. The quantitative estimate of drug-likeness (QED) is 0.0806. The van der Waals surface area contributed by atoms with Crippen molar-refractivity contribution in [3.8, 4) is 0 Å². The Morgan fingerprint density at radius 1 is 0.647 bits per heavy atom. The van der Waals surface area contributed by atoms with Gasteiger partial charge in [0.2, 0.25) is 0 Å². The maximum Gasteiger partial charge on any atom is 0.306 e. The molecule has 0 saturated carbocycles. The molecule has 0 aromatic rings. The van der Waals surface area contributed by atoms with Gasteiger partial charge in [0.25, 0.3) is 0 Å². The van der Waals surface area contributed by atoms with Gasteiger partial charge in [-0.25, -0.2) is 0 Å². The highest BCUT2D eigenvalue weighted by Crippen LogP contribution is 2.15. The second-order valence-corrected chi connectivity index (χ2v) is 9.58. The van der Waals surface area contributed by atoms with E-state index in [0.29, 0.717) is 19.3 Å². The third kappa shape index (κ3) is 25.1. The van der Waals surface area contributed by atoms with Gasteiger partial charge in [-0.1, -0.05) is 102 Å². The van der Waals surface area contributed by atoms with Crippen LogP contribution in [0.4, 0.5) is 0 Å². The van der Waals surface area contributed by atoms with Crippen molar-refractivity contribution in [1.82, 2.24) is 0 Å². The summed E-state index contributed by atoms with van der Waals surface area (Å²) in [5, 5.41) is 8.79. The first-order valence-electron chi connectivity index (χ1n) is 14.3. The highest BCUT2D eigenvalue weighted by molar-refractivity contribution is 5.69. The van der Waals surface area contributed by atoms with Crippen LogP contribution in [0.1, 0.15) is 149 Å². The van der Waals surface area contributed by atoms with Crippen LogP contribution in [0.15, 0.2) is 24.3 Å². The number of rotatable bonds is 25. The van der Waals surface area contributed by atoms with Gasteiger partial charge in [0, 0.05) is 12.8 Å². The smallest absolute Gasteiger partial charge is 0.306 e. The Balaban J connectivity index is 3.58. The summed E-state index contributed by atoms with van der Waals surface area (Å²) in [7, 11) is 0. The van der Waals surface area contributed by atoms with E-state index >= 15 is 0 Å². The summed E-state index contributed by atoms with van der Waals surface area (Å²) in [6.07, 6.45) is 31.0. The molecular formula is C30H54O4. The number of carboxylic acid groups (broad SMARTS) is 1.